The summed E-state index contributed by atoms with van der Waals surface area (Å²) in [6, 6.07) is 0. The smallest absolute Gasteiger partial charge is 0.139 e. The topological polar surface area (TPSA) is 74.6 Å². The second-order valence-corrected chi connectivity index (χ2v) is 8.31. The van der Waals surface area contributed by atoms with E-state index >= 15 is 0 Å². The fraction of sp³-hybridized carbons (Fsp3) is 0.818. The first-order valence-corrected chi connectivity index (χ1v) is 10.4. The van der Waals surface area contributed by atoms with Crippen molar-refractivity contribution in [1.82, 2.24) is 0 Å². The molecule has 4 heteroatoms. The van der Waals surface area contributed by atoms with E-state index in [-0.39, 0.29) is 29.8 Å². The first-order chi connectivity index (χ1) is 12.3. The molecule has 1 saturated carbocycles. The number of aliphatic hydroxyl groups is 2. The van der Waals surface area contributed by atoms with Crippen LogP contribution in [0.3, 0.4) is 0 Å². The molecular weight excluding hydrogens is 328 g/mol. The van der Waals surface area contributed by atoms with Crippen molar-refractivity contribution in [2.45, 2.75) is 103 Å². The number of carbonyl (C=O) groups is 2. The maximum absolute atomic E-state index is 12.2. The van der Waals surface area contributed by atoms with E-state index < -0.39 is 11.7 Å². The van der Waals surface area contributed by atoms with E-state index in [1.54, 1.807) is 6.92 Å². The quantitative estimate of drug-likeness (QED) is 0.375. The van der Waals surface area contributed by atoms with Crippen molar-refractivity contribution in [3.05, 3.63) is 12.2 Å². The van der Waals surface area contributed by atoms with Gasteiger partial charge in [-0.15, -0.1) is 0 Å². The van der Waals surface area contributed by atoms with Gasteiger partial charge in [-0.1, -0.05) is 51.2 Å². The summed E-state index contributed by atoms with van der Waals surface area (Å²) in [5.74, 6) is 0.170. The summed E-state index contributed by atoms with van der Waals surface area (Å²) in [6.45, 7) is 5.58. The van der Waals surface area contributed by atoms with Gasteiger partial charge < -0.3 is 15.0 Å². The van der Waals surface area contributed by atoms with Gasteiger partial charge in [-0.05, 0) is 39.5 Å². The lowest BCUT2D eigenvalue weighted by atomic mass is 9.87. The van der Waals surface area contributed by atoms with Crippen LogP contribution in [0.4, 0.5) is 0 Å². The summed E-state index contributed by atoms with van der Waals surface area (Å²) in [7, 11) is 0. The fourth-order valence-corrected chi connectivity index (χ4v) is 3.82. The minimum absolute atomic E-state index is 0.102. The molecule has 0 heterocycles. The van der Waals surface area contributed by atoms with Gasteiger partial charge in [-0.25, -0.2) is 0 Å². The van der Waals surface area contributed by atoms with Crippen LogP contribution in [0.2, 0.25) is 0 Å². The van der Waals surface area contributed by atoms with Gasteiger partial charge in [-0.3, -0.25) is 4.79 Å². The minimum Gasteiger partial charge on any atom is -0.392 e. The monoisotopic (exact) mass is 366 g/mol. The summed E-state index contributed by atoms with van der Waals surface area (Å²) in [6.07, 6.45) is 12.3. The van der Waals surface area contributed by atoms with Crippen molar-refractivity contribution in [3.63, 3.8) is 0 Å². The van der Waals surface area contributed by atoms with E-state index in [0.29, 0.717) is 12.8 Å². The van der Waals surface area contributed by atoms with Gasteiger partial charge in [0, 0.05) is 24.7 Å². The molecule has 0 aromatic rings. The molecule has 4 atom stereocenters. The summed E-state index contributed by atoms with van der Waals surface area (Å²) in [5, 5.41) is 20.6. The van der Waals surface area contributed by atoms with Gasteiger partial charge in [-0.2, -0.15) is 0 Å². The zero-order valence-corrected chi connectivity index (χ0v) is 16.9. The summed E-state index contributed by atoms with van der Waals surface area (Å²) in [5.41, 5.74) is -0.716. The Balaban J connectivity index is 2.44. The molecular formula is C22H38O4. The van der Waals surface area contributed by atoms with Crippen molar-refractivity contribution in [3.8, 4) is 0 Å². The molecule has 1 rings (SSSR count). The molecule has 1 fully saturated rings. The number of unbranched alkanes of at least 4 members (excludes halogenated alkanes) is 4. The third kappa shape index (κ3) is 8.59. The summed E-state index contributed by atoms with van der Waals surface area (Å²) >= 11 is 0. The summed E-state index contributed by atoms with van der Waals surface area (Å²) < 4.78 is 0. The average molecular weight is 367 g/mol. The van der Waals surface area contributed by atoms with E-state index in [1.165, 1.54) is 0 Å². The van der Waals surface area contributed by atoms with Crippen LogP contribution < -0.4 is 0 Å². The molecule has 0 bridgehead atoms. The minimum atomic E-state index is -0.716. The van der Waals surface area contributed by atoms with Crippen LogP contribution in [0, 0.1) is 11.8 Å². The number of Topliss-reactive ketones (excluding diaryl/α,β-unsaturated/α-hetero) is 2. The first kappa shape index (κ1) is 23.0. The lowest BCUT2D eigenvalue weighted by molar-refractivity contribution is -0.121. The standard InChI is InChI=1S/C22H38O4/c1-4-5-14-22(3,26)15-10-13-19-18(20(24)16-21(19)25)12-9-7-6-8-11-17(2)23/h10,13,18-19,21,25-26H,4-9,11-12,14-16H2,1-3H3/b13-10+/t18-,19?,21?,22?/m1/s1. The van der Waals surface area contributed by atoms with Gasteiger partial charge in [0.1, 0.15) is 11.6 Å². The van der Waals surface area contributed by atoms with Crippen LogP contribution >= 0.6 is 0 Å². The first-order valence-electron chi connectivity index (χ1n) is 10.4. The highest BCUT2D eigenvalue weighted by Crippen LogP contribution is 2.34. The number of carbonyl (C=O) groups excluding carboxylic acids is 2. The second kappa shape index (κ2) is 11.7. The Morgan fingerprint density at radius 2 is 1.92 bits per heavy atom. The van der Waals surface area contributed by atoms with Gasteiger partial charge in [0.15, 0.2) is 0 Å². The van der Waals surface area contributed by atoms with Crippen LogP contribution in [0.5, 0.6) is 0 Å². The van der Waals surface area contributed by atoms with Crippen molar-refractivity contribution in [2.24, 2.45) is 11.8 Å². The Morgan fingerprint density at radius 3 is 2.58 bits per heavy atom. The lowest BCUT2D eigenvalue weighted by Gasteiger charge is -2.22. The van der Waals surface area contributed by atoms with Crippen LogP contribution in [-0.4, -0.2) is 33.5 Å². The van der Waals surface area contributed by atoms with Crippen molar-refractivity contribution in [1.29, 1.82) is 0 Å². The van der Waals surface area contributed by atoms with E-state index in [9.17, 15) is 19.8 Å². The fourth-order valence-electron chi connectivity index (χ4n) is 3.82. The number of hydrogen-bond acceptors (Lipinski definition) is 4. The summed E-state index contributed by atoms with van der Waals surface area (Å²) in [4.78, 5) is 23.2. The molecule has 0 saturated heterocycles. The molecule has 26 heavy (non-hydrogen) atoms. The Labute approximate surface area is 159 Å². The highest BCUT2D eigenvalue weighted by atomic mass is 16.3. The molecule has 150 valence electrons. The van der Waals surface area contributed by atoms with E-state index in [2.05, 4.69) is 6.92 Å². The third-order valence-corrected chi connectivity index (χ3v) is 5.51. The molecule has 1 aliphatic carbocycles. The Morgan fingerprint density at radius 1 is 1.23 bits per heavy atom. The molecule has 1 aliphatic rings. The van der Waals surface area contributed by atoms with E-state index in [0.717, 1.165) is 51.4 Å². The Bertz CT molecular complexity index is 467. The highest BCUT2D eigenvalue weighted by Gasteiger charge is 2.39. The van der Waals surface area contributed by atoms with Crippen molar-refractivity contribution < 1.29 is 19.8 Å². The normalized spacial score (nSPS) is 25.7. The van der Waals surface area contributed by atoms with Crippen molar-refractivity contribution in [2.75, 3.05) is 0 Å². The SMILES string of the molecule is CCCCC(C)(O)C/C=C/C1C(O)CC(=O)[C@@H]1CCCCCCC(C)=O. The molecule has 0 aromatic heterocycles. The average Bonchev–Trinajstić information content (AvgIpc) is 2.82. The number of aliphatic hydroxyl groups excluding tert-OH is 1. The zero-order valence-electron chi connectivity index (χ0n) is 16.9. The van der Waals surface area contributed by atoms with Gasteiger partial charge in [0.05, 0.1) is 11.7 Å². The highest BCUT2D eigenvalue weighted by molar-refractivity contribution is 5.84. The Hall–Kier alpha value is -1.00. The predicted molar refractivity (Wildman–Crippen MR) is 105 cm³/mol. The molecule has 3 unspecified atom stereocenters. The van der Waals surface area contributed by atoms with Gasteiger partial charge >= 0.3 is 0 Å². The van der Waals surface area contributed by atoms with Crippen LogP contribution in [0.25, 0.3) is 0 Å². The number of ketones is 2. The number of hydrogen-bond donors (Lipinski definition) is 2. The predicted octanol–water partition coefficient (Wildman–Crippen LogP) is 4.37. The van der Waals surface area contributed by atoms with E-state index in [4.69, 9.17) is 0 Å². The Kier molecular flexibility index (Phi) is 10.3. The molecule has 4 nitrogen and oxygen atoms in total. The largest absolute Gasteiger partial charge is 0.392 e. The van der Waals surface area contributed by atoms with E-state index in [1.807, 2.05) is 19.1 Å². The lowest BCUT2D eigenvalue weighted by Crippen LogP contribution is -2.23. The zero-order chi connectivity index (χ0) is 19.6. The van der Waals surface area contributed by atoms with Gasteiger partial charge in [0.2, 0.25) is 0 Å². The van der Waals surface area contributed by atoms with Gasteiger partial charge in [0.25, 0.3) is 0 Å². The number of rotatable bonds is 13. The third-order valence-electron chi connectivity index (χ3n) is 5.51. The van der Waals surface area contributed by atoms with Crippen molar-refractivity contribution >= 4 is 11.6 Å². The molecule has 0 spiro atoms. The maximum Gasteiger partial charge on any atom is 0.139 e. The van der Waals surface area contributed by atoms with Crippen LogP contribution in [-0.2, 0) is 9.59 Å². The molecule has 0 aliphatic heterocycles. The van der Waals surface area contributed by atoms with Crippen LogP contribution in [0.15, 0.2) is 12.2 Å². The van der Waals surface area contributed by atoms with Crippen LogP contribution in [0.1, 0.15) is 91.4 Å². The molecule has 2 N–H and O–H groups in total. The molecule has 0 radical (unpaired) electrons. The molecule has 0 aromatic carbocycles. The second-order valence-electron chi connectivity index (χ2n) is 8.31. The molecule has 0 amide bonds. The maximum atomic E-state index is 12.2.